The Morgan fingerprint density at radius 2 is 1.89 bits per heavy atom. The van der Waals surface area contributed by atoms with Crippen molar-refractivity contribution in [2.24, 2.45) is 4.99 Å². The molecule has 38 heavy (non-hydrogen) atoms. The number of ether oxygens (including phenoxy) is 2. The third kappa shape index (κ3) is 8.18. The van der Waals surface area contributed by atoms with E-state index in [1.165, 1.54) is 37.6 Å². The zero-order valence-corrected chi connectivity index (χ0v) is 22.3. The minimum absolute atomic E-state index is 0.0186. The lowest BCUT2D eigenvalue weighted by atomic mass is 10.1. The number of aromatic nitrogens is 1. The number of hydrogen-bond donors (Lipinski definition) is 2. The van der Waals surface area contributed by atoms with Gasteiger partial charge in [0, 0.05) is 25.3 Å². The molecule has 0 amide bonds. The number of benzene rings is 2. The molecular weight excluding hydrogens is 523 g/mol. The van der Waals surface area contributed by atoms with Crippen LogP contribution in [0.1, 0.15) is 42.0 Å². The van der Waals surface area contributed by atoms with Crippen LogP contribution in [0.5, 0.6) is 11.5 Å². The maximum atomic E-state index is 12.9. The van der Waals surface area contributed by atoms with Crippen LogP contribution >= 0.6 is 11.3 Å². The van der Waals surface area contributed by atoms with Crippen molar-refractivity contribution in [1.82, 2.24) is 10.5 Å². The molecule has 0 atom stereocenters. The van der Waals surface area contributed by atoms with Gasteiger partial charge in [-0.05, 0) is 37.1 Å². The smallest absolute Gasteiger partial charge is 0.416 e. The second-order valence-electron chi connectivity index (χ2n) is 7.33. The Morgan fingerprint density at radius 3 is 2.47 bits per heavy atom. The van der Waals surface area contributed by atoms with Gasteiger partial charge in [-0.3, -0.25) is 9.79 Å². The molecule has 0 bridgehead atoms. The fourth-order valence-corrected chi connectivity index (χ4v) is 4.30. The highest BCUT2D eigenvalue weighted by Gasteiger charge is 2.30. The first-order valence-corrected chi connectivity index (χ1v) is 12.5. The monoisotopic (exact) mass is 553 g/mol. The van der Waals surface area contributed by atoms with Gasteiger partial charge in [0.15, 0.2) is 5.84 Å². The normalized spacial score (nSPS) is 11.3. The van der Waals surface area contributed by atoms with E-state index in [1.807, 2.05) is 13.8 Å². The SMILES string of the molecule is CC.CN=C(NOC=O)c1ccc(OCc2sc(-c3ccc(C(F)(F)F)cc3)nc2CCCO)cc1OC. The van der Waals surface area contributed by atoms with Gasteiger partial charge in [-0.25, -0.2) is 10.5 Å². The van der Waals surface area contributed by atoms with Crippen LogP contribution in [0.4, 0.5) is 13.2 Å². The number of aliphatic imine (C=N–C) groups is 1. The van der Waals surface area contributed by atoms with Crippen LogP contribution in [-0.2, 0) is 28.8 Å². The van der Waals surface area contributed by atoms with Crippen LogP contribution in [0.2, 0.25) is 0 Å². The number of hydrogen-bond acceptors (Lipinski definition) is 8. The molecule has 8 nitrogen and oxygen atoms in total. The molecule has 0 aliphatic carbocycles. The van der Waals surface area contributed by atoms with Gasteiger partial charge < -0.3 is 19.4 Å². The lowest BCUT2D eigenvalue weighted by molar-refractivity contribution is -0.137. The van der Waals surface area contributed by atoms with Gasteiger partial charge in [0.2, 0.25) is 0 Å². The van der Waals surface area contributed by atoms with Crippen molar-refractivity contribution in [2.75, 3.05) is 20.8 Å². The molecular formula is C26H30F3N3O5S. The number of aliphatic hydroxyl groups excluding tert-OH is 1. The van der Waals surface area contributed by atoms with Crippen LogP contribution < -0.4 is 15.0 Å². The van der Waals surface area contributed by atoms with Crippen LogP contribution in [0.15, 0.2) is 47.5 Å². The maximum Gasteiger partial charge on any atom is 0.416 e. The molecule has 0 spiro atoms. The summed E-state index contributed by atoms with van der Waals surface area (Å²) in [6, 6.07) is 9.85. The van der Waals surface area contributed by atoms with Gasteiger partial charge in [-0.2, -0.15) is 13.2 Å². The summed E-state index contributed by atoms with van der Waals surface area (Å²) in [5, 5.41) is 9.80. The average Bonchev–Trinajstić information content (AvgIpc) is 3.35. The highest BCUT2D eigenvalue weighted by Crippen LogP contribution is 2.34. The Kier molecular flexibility index (Phi) is 12.0. The van der Waals surface area contributed by atoms with E-state index in [1.54, 1.807) is 18.2 Å². The number of aliphatic hydroxyl groups is 1. The van der Waals surface area contributed by atoms with Gasteiger partial charge in [0.25, 0.3) is 0 Å². The molecule has 0 radical (unpaired) electrons. The van der Waals surface area contributed by atoms with E-state index in [0.29, 0.717) is 46.2 Å². The van der Waals surface area contributed by atoms with Crippen molar-refractivity contribution in [3.05, 3.63) is 64.2 Å². The van der Waals surface area contributed by atoms with Gasteiger partial charge in [0.05, 0.1) is 28.8 Å². The fourth-order valence-electron chi connectivity index (χ4n) is 3.27. The first-order valence-electron chi connectivity index (χ1n) is 11.7. The minimum Gasteiger partial charge on any atom is -0.496 e. The van der Waals surface area contributed by atoms with Gasteiger partial charge in [-0.15, -0.1) is 11.3 Å². The number of amidine groups is 1. The predicted octanol–water partition coefficient (Wildman–Crippen LogP) is 5.42. The quantitative estimate of drug-likeness (QED) is 0.141. The summed E-state index contributed by atoms with van der Waals surface area (Å²) >= 11 is 1.32. The van der Waals surface area contributed by atoms with Crippen molar-refractivity contribution < 1.29 is 37.4 Å². The van der Waals surface area contributed by atoms with E-state index in [9.17, 15) is 23.1 Å². The Hall–Kier alpha value is -3.64. The molecule has 0 saturated carbocycles. The van der Waals surface area contributed by atoms with Crippen molar-refractivity contribution in [3.8, 4) is 22.1 Å². The number of carbonyl (C=O) groups is 1. The molecule has 3 rings (SSSR count). The number of hydroxylamine groups is 1. The molecule has 2 N–H and O–H groups in total. The third-order valence-corrected chi connectivity index (χ3v) is 6.15. The predicted molar refractivity (Wildman–Crippen MR) is 139 cm³/mol. The minimum atomic E-state index is -4.41. The zero-order chi connectivity index (χ0) is 28.1. The lowest BCUT2D eigenvalue weighted by Crippen LogP contribution is -2.24. The van der Waals surface area contributed by atoms with Crippen molar-refractivity contribution in [3.63, 3.8) is 0 Å². The average molecular weight is 554 g/mol. The number of rotatable bonds is 11. The maximum absolute atomic E-state index is 12.9. The zero-order valence-electron chi connectivity index (χ0n) is 21.5. The van der Waals surface area contributed by atoms with E-state index in [4.69, 9.17) is 9.47 Å². The van der Waals surface area contributed by atoms with Crippen LogP contribution in [0.3, 0.4) is 0 Å². The van der Waals surface area contributed by atoms with Gasteiger partial charge in [0.1, 0.15) is 23.1 Å². The summed E-state index contributed by atoms with van der Waals surface area (Å²) < 4.78 is 50.1. The second kappa shape index (κ2) is 14.9. The van der Waals surface area contributed by atoms with E-state index in [0.717, 1.165) is 17.0 Å². The summed E-state index contributed by atoms with van der Waals surface area (Å²) in [4.78, 5) is 24.4. The molecule has 1 aromatic heterocycles. The van der Waals surface area contributed by atoms with Crippen molar-refractivity contribution in [1.29, 1.82) is 0 Å². The van der Waals surface area contributed by atoms with E-state index in [-0.39, 0.29) is 25.5 Å². The second-order valence-corrected chi connectivity index (χ2v) is 8.41. The summed E-state index contributed by atoms with van der Waals surface area (Å²) in [7, 11) is 3.00. The molecule has 206 valence electrons. The first kappa shape index (κ1) is 30.6. The highest BCUT2D eigenvalue weighted by atomic mass is 32.1. The highest BCUT2D eigenvalue weighted by molar-refractivity contribution is 7.15. The molecule has 3 aromatic rings. The summed E-state index contributed by atoms with van der Waals surface area (Å²) in [6.07, 6.45) is -3.43. The van der Waals surface area contributed by atoms with Crippen molar-refractivity contribution >= 4 is 23.6 Å². The van der Waals surface area contributed by atoms with Crippen LogP contribution in [0, 0.1) is 0 Å². The number of thiazole rings is 1. The Labute approximate surface area is 223 Å². The molecule has 0 saturated heterocycles. The van der Waals surface area contributed by atoms with E-state index >= 15 is 0 Å². The molecule has 0 unspecified atom stereocenters. The molecule has 2 aromatic carbocycles. The molecule has 0 aliphatic heterocycles. The number of halogens is 3. The number of aryl methyl sites for hydroxylation is 1. The molecule has 12 heteroatoms. The molecule has 0 fully saturated rings. The Bertz CT molecular complexity index is 1200. The lowest BCUT2D eigenvalue weighted by Gasteiger charge is -2.13. The number of nitrogens with zero attached hydrogens (tertiary/aromatic N) is 2. The largest absolute Gasteiger partial charge is 0.496 e. The molecule has 1 heterocycles. The van der Waals surface area contributed by atoms with E-state index in [2.05, 4.69) is 20.3 Å². The molecule has 0 aliphatic rings. The summed E-state index contributed by atoms with van der Waals surface area (Å²) in [5.41, 5.74) is 3.50. The standard InChI is InChI=1S/C24H24F3N3O5S.C2H6/c1-28-22(30-35-14-32)18-10-9-17(12-20(18)33-2)34-13-21-19(4-3-11-31)29-23(36-21)15-5-7-16(8-6-15)24(25,26)27;1-2/h5-10,12,14,31H,3-4,11,13H2,1-2H3,(H,28,30);1-2H3. The number of carbonyl (C=O) groups excluding carboxylic acids is 1. The van der Waals surface area contributed by atoms with Gasteiger partial charge >= 0.3 is 12.6 Å². The van der Waals surface area contributed by atoms with Crippen LogP contribution in [-0.4, -0.2) is 43.2 Å². The van der Waals surface area contributed by atoms with Crippen LogP contribution in [0.25, 0.3) is 10.6 Å². The number of alkyl halides is 3. The topological polar surface area (TPSA) is 102 Å². The first-order chi connectivity index (χ1) is 18.3. The van der Waals surface area contributed by atoms with Gasteiger partial charge in [-0.1, -0.05) is 26.0 Å². The van der Waals surface area contributed by atoms with E-state index < -0.39 is 11.7 Å². The summed E-state index contributed by atoms with van der Waals surface area (Å²) in [6.45, 7) is 4.37. The Balaban J connectivity index is 0.00000247. The number of nitrogens with one attached hydrogen (secondary N) is 1. The Morgan fingerprint density at radius 1 is 1.18 bits per heavy atom. The fraction of sp³-hybridized carbons (Fsp3) is 0.346. The summed E-state index contributed by atoms with van der Waals surface area (Å²) in [5.74, 6) is 1.19. The third-order valence-electron chi connectivity index (χ3n) is 5.03. The number of methoxy groups -OCH3 is 1. The van der Waals surface area contributed by atoms with Crippen molar-refractivity contribution in [2.45, 2.75) is 39.5 Å².